The molecule has 0 spiro atoms. The Bertz CT molecular complexity index is 593. The Morgan fingerprint density at radius 3 is 2.50 bits per heavy atom. The second-order valence-electron chi connectivity index (χ2n) is 5.45. The highest BCUT2D eigenvalue weighted by molar-refractivity contribution is 5.97. The highest BCUT2D eigenvalue weighted by atomic mass is 16.6. The molecule has 0 fully saturated rings. The molecule has 0 saturated heterocycles. The number of hydrogen-bond donors (Lipinski definition) is 1. The van der Waals surface area contributed by atoms with E-state index < -0.39 is 16.8 Å². The maximum atomic E-state index is 12.6. The number of carboxylic acid groups (broad SMARTS) is 1. The van der Waals surface area contributed by atoms with Gasteiger partial charge in [-0.05, 0) is 12.8 Å². The van der Waals surface area contributed by atoms with Crippen molar-refractivity contribution in [3.05, 3.63) is 21.5 Å². The van der Waals surface area contributed by atoms with Crippen molar-refractivity contribution in [1.82, 2.24) is 14.7 Å². The van der Waals surface area contributed by atoms with Crippen molar-refractivity contribution < 1.29 is 19.6 Å². The van der Waals surface area contributed by atoms with Crippen LogP contribution in [-0.4, -0.2) is 49.7 Å². The summed E-state index contributed by atoms with van der Waals surface area (Å²) in [6, 6.07) is 0. The van der Waals surface area contributed by atoms with Gasteiger partial charge in [0.15, 0.2) is 0 Å². The Hall–Kier alpha value is -2.45. The van der Waals surface area contributed by atoms with Crippen LogP contribution in [0, 0.1) is 23.0 Å². The Morgan fingerprint density at radius 2 is 2.05 bits per heavy atom. The van der Waals surface area contributed by atoms with Crippen LogP contribution >= 0.6 is 0 Å². The molecule has 0 bridgehead atoms. The molecule has 0 aliphatic rings. The number of hydrogen-bond acceptors (Lipinski definition) is 5. The molecule has 0 aromatic carbocycles. The lowest BCUT2D eigenvalue weighted by Gasteiger charge is -2.23. The smallest absolute Gasteiger partial charge is 0.322 e. The summed E-state index contributed by atoms with van der Waals surface area (Å²) >= 11 is 0. The first kappa shape index (κ1) is 17.6. The number of nitro groups is 1. The third-order valence-corrected chi connectivity index (χ3v) is 3.04. The van der Waals surface area contributed by atoms with Gasteiger partial charge in [-0.3, -0.25) is 24.4 Å². The minimum absolute atomic E-state index is 0.00622. The largest absolute Gasteiger partial charge is 0.481 e. The number of aromatic nitrogens is 2. The van der Waals surface area contributed by atoms with Crippen LogP contribution in [0.2, 0.25) is 0 Å². The summed E-state index contributed by atoms with van der Waals surface area (Å²) in [6.07, 6.45) is -0.219. The van der Waals surface area contributed by atoms with E-state index in [-0.39, 0.29) is 36.0 Å². The van der Waals surface area contributed by atoms with E-state index in [1.165, 1.54) is 23.6 Å². The molecule has 9 heteroatoms. The van der Waals surface area contributed by atoms with Gasteiger partial charge >= 0.3 is 11.7 Å². The van der Waals surface area contributed by atoms with Crippen LogP contribution < -0.4 is 0 Å². The summed E-state index contributed by atoms with van der Waals surface area (Å²) < 4.78 is 1.17. The number of carboxylic acids is 1. The van der Waals surface area contributed by atoms with Gasteiger partial charge in [-0.25, -0.2) is 0 Å². The van der Waals surface area contributed by atoms with E-state index in [9.17, 15) is 19.7 Å². The second-order valence-corrected chi connectivity index (χ2v) is 5.45. The number of amides is 1. The Morgan fingerprint density at radius 1 is 1.45 bits per heavy atom. The minimum atomic E-state index is -1.03. The molecule has 0 radical (unpaired) electrons. The first-order chi connectivity index (χ1) is 10.1. The van der Waals surface area contributed by atoms with Gasteiger partial charge in [0.2, 0.25) is 5.69 Å². The topological polar surface area (TPSA) is 119 Å². The zero-order valence-corrected chi connectivity index (χ0v) is 13.1. The van der Waals surface area contributed by atoms with Gasteiger partial charge in [-0.2, -0.15) is 5.10 Å². The molecule has 0 saturated carbocycles. The molecule has 9 nitrogen and oxygen atoms in total. The fraction of sp³-hybridized carbons (Fsp3) is 0.615. The van der Waals surface area contributed by atoms with Gasteiger partial charge in [-0.1, -0.05) is 13.8 Å². The predicted molar refractivity (Wildman–Crippen MR) is 77.6 cm³/mol. The third-order valence-electron chi connectivity index (χ3n) is 3.04. The van der Waals surface area contributed by atoms with Crippen molar-refractivity contribution >= 4 is 17.6 Å². The quantitative estimate of drug-likeness (QED) is 0.597. The van der Waals surface area contributed by atoms with Crippen molar-refractivity contribution in [2.24, 2.45) is 13.0 Å². The monoisotopic (exact) mass is 312 g/mol. The third kappa shape index (κ3) is 4.03. The average Bonchev–Trinajstić information content (AvgIpc) is 2.67. The standard InChI is InChI=1S/C13H20N4O5/c1-8(2)7-16(6-5-10(18)19)13(20)12-11(17(21)22)9(3)14-15(12)4/h8H,5-7H2,1-4H3,(H,18,19). The predicted octanol–water partition coefficient (Wildman–Crippen LogP) is 1.21. The molecule has 0 aliphatic heterocycles. The van der Waals surface area contributed by atoms with Gasteiger partial charge < -0.3 is 10.0 Å². The van der Waals surface area contributed by atoms with Gasteiger partial charge in [0, 0.05) is 20.1 Å². The van der Waals surface area contributed by atoms with Gasteiger partial charge in [0.25, 0.3) is 5.91 Å². The highest BCUT2D eigenvalue weighted by Crippen LogP contribution is 2.24. The number of carbonyl (C=O) groups excluding carboxylic acids is 1. The van der Waals surface area contributed by atoms with E-state index in [4.69, 9.17) is 5.11 Å². The van der Waals surface area contributed by atoms with Gasteiger partial charge in [-0.15, -0.1) is 0 Å². The molecule has 1 rings (SSSR count). The van der Waals surface area contributed by atoms with Crippen LogP contribution in [0.1, 0.15) is 36.5 Å². The zero-order chi connectivity index (χ0) is 17.0. The zero-order valence-electron chi connectivity index (χ0n) is 13.1. The molecule has 1 amide bonds. The highest BCUT2D eigenvalue weighted by Gasteiger charge is 2.32. The first-order valence-corrected chi connectivity index (χ1v) is 6.84. The fourth-order valence-corrected chi connectivity index (χ4v) is 2.20. The molecule has 1 N–H and O–H groups in total. The summed E-state index contributed by atoms with van der Waals surface area (Å²) in [5, 5.41) is 23.9. The molecule has 0 atom stereocenters. The summed E-state index contributed by atoms with van der Waals surface area (Å²) in [5.74, 6) is -1.51. The summed E-state index contributed by atoms with van der Waals surface area (Å²) in [7, 11) is 1.46. The maximum Gasteiger partial charge on any atom is 0.322 e. The maximum absolute atomic E-state index is 12.6. The molecule has 22 heavy (non-hydrogen) atoms. The van der Waals surface area contributed by atoms with Crippen LogP contribution in [0.15, 0.2) is 0 Å². The summed E-state index contributed by atoms with van der Waals surface area (Å²) in [4.78, 5) is 35.2. The lowest BCUT2D eigenvalue weighted by atomic mass is 10.1. The normalized spacial score (nSPS) is 10.8. The average molecular weight is 312 g/mol. The summed E-state index contributed by atoms with van der Waals surface area (Å²) in [6.45, 7) is 5.52. The Kier molecular flexibility index (Phi) is 5.61. The SMILES string of the molecule is Cc1nn(C)c(C(=O)N(CCC(=O)O)CC(C)C)c1[N+](=O)[O-]. The molecular weight excluding hydrogens is 292 g/mol. The minimum Gasteiger partial charge on any atom is -0.481 e. The molecule has 1 aromatic heterocycles. The summed E-state index contributed by atoms with van der Waals surface area (Å²) in [5.41, 5.74) is -0.316. The van der Waals surface area contributed by atoms with Gasteiger partial charge in [0.05, 0.1) is 11.3 Å². The number of aliphatic carboxylic acids is 1. The number of aryl methyl sites for hydroxylation is 2. The Balaban J connectivity index is 3.18. The van der Waals surface area contributed by atoms with E-state index in [0.717, 1.165) is 0 Å². The van der Waals surface area contributed by atoms with Crippen LogP contribution in [0.3, 0.4) is 0 Å². The molecule has 1 heterocycles. The van der Waals surface area contributed by atoms with E-state index in [0.29, 0.717) is 6.54 Å². The van der Waals surface area contributed by atoms with Crippen LogP contribution in [0.4, 0.5) is 5.69 Å². The van der Waals surface area contributed by atoms with E-state index in [1.807, 2.05) is 13.8 Å². The molecule has 1 aromatic rings. The first-order valence-electron chi connectivity index (χ1n) is 6.84. The van der Waals surface area contributed by atoms with Crippen molar-refractivity contribution in [2.75, 3.05) is 13.1 Å². The lowest BCUT2D eigenvalue weighted by Crippen LogP contribution is -2.37. The number of rotatable bonds is 7. The van der Waals surface area contributed by atoms with E-state index in [2.05, 4.69) is 5.10 Å². The molecular formula is C13H20N4O5. The lowest BCUT2D eigenvalue weighted by molar-refractivity contribution is -0.385. The molecule has 122 valence electrons. The van der Waals surface area contributed by atoms with Crippen molar-refractivity contribution in [3.8, 4) is 0 Å². The van der Waals surface area contributed by atoms with Crippen LogP contribution in [0.5, 0.6) is 0 Å². The molecule has 0 aliphatic carbocycles. The Labute approximate surface area is 127 Å². The number of carbonyl (C=O) groups is 2. The van der Waals surface area contributed by atoms with Gasteiger partial charge in [0.1, 0.15) is 5.69 Å². The van der Waals surface area contributed by atoms with E-state index >= 15 is 0 Å². The second kappa shape index (κ2) is 7.01. The van der Waals surface area contributed by atoms with E-state index in [1.54, 1.807) is 0 Å². The fourth-order valence-electron chi connectivity index (χ4n) is 2.20. The van der Waals surface area contributed by atoms with Crippen molar-refractivity contribution in [1.29, 1.82) is 0 Å². The van der Waals surface area contributed by atoms with Crippen LogP contribution in [-0.2, 0) is 11.8 Å². The number of nitrogens with zero attached hydrogens (tertiary/aromatic N) is 4. The van der Waals surface area contributed by atoms with Crippen LogP contribution in [0.25, 0.3) is 0 Å². The van der Waals surface area contributed by atoms with Crippen molar-refractivity contribution in [3.63, 3.8) is 0 Å². The molecule has 0 unspecified atom stereocenters. The van der Waals surface area contributed by atoms with Crippen molar-refractivity contribution in [2.45, 2.75) is 27.2 Å².